The lowest BCUT2D eigenvalue weighted by molar-refractivity contribution is -0.140. The number of aliphatic carboxylic acids is 1. The fourth-order valence-corrected chi connectivity index (χ4v) is 3.23. The molecular weight excluding hydrogens is 434 g/mol. The van der Waals surface area contributed by atoms with Gasteiger partial charge in [0.2, 0.25) is 5.91 Å². The first kappa shape index (κ1) is 23.1. The maximum absolute atomic E-state index is 12.4. The molecule has 1 aliphatic heterocycles. The van der Waals surface area contributed by atoms with Gasteiger partial charge in [0, 0.05) is 24.3 Å². The lowest BCUT2D eigenvalue weighted by atomic mass is 9.98. The Labute approximate surface area is 190 Å². The van der Waals surface area contributed by atoms with Crippen LogP contribution >= 0.6 is 11.6 Å². The molecule has 1 aliphatic rings. The maximum Gasteiger partial charge on any atom is 0.331 e. The van der Waals surface area contributed by atoms with Crippen molar-refractivity contribution in [3.8, 4) is 0 Å². The van der Waals surface area contributed by atoms with Crippen molar-refractivity contribution in [2.24, 2.45) is 4.99 Å². The fourth-order valence-electron chi connectivity index (χ4n) is 3.04. The molecule has 0 saturated carbocycles. The van der Waals surface area contributed by atoms with E-state index in [0.717, 1.165) is 19.5 Å². The Kier molecular flexibility index (Phi) is 7.67. The van der Waals surface area contributed by atoms with Gasteiger partial charge in [0.05, 0.1) is 13.1 Å². The summed E-state index contributed by atoms with van der Waals surface area (Å²) in [5.74, 6) is -1.64. The Hall–Kier alpha value is -3.59. The molecule has 1 atom stereocenters. The highest BCUT2D eigenvalue weighted by Gasteiger charge is 2.38. The predicted octanol–water partition coefficient (Wildman–Crippen LogP) is 1.51. The average molecular weight is 458 g/mol. The second-order valence-corrected chi connectivity index (χ2v) is 7.79. The smallest absolute Gasteiger partial charge is 0.331 e. The largest absolute Gasteiger partial charge is 0.480 e. The monoisotopic (exact) mass is 457 g/mol. The lowest BCUT2D eigenvalue weighted by Crippen LogP contribution is -2.45. The first-order chi connectivity index (χ1) is 15.4. The average Bonchev–Trinajstić information content (AvgIpc) is 2.82. The Balaban J connectivity index is 1.53. The molecule has 168 valence electrons. The van der Waals surface area contributed by atoms with Crippen LogP contribution in [0.15, 0.2) is 59.6 Å². The number of amides is 2. The highest BCUT2D eigenvalue weighted by atomic mass is 35.5. The number of nitrogens with zero attached hydrogens (tertiary/aromatic N) is 1. The van der Waals surface area contributed by atoms with Crippen molar-refractivity contribution in [3.63, 3.8) is 0 Å². The summed E-state index contributed by atoms with van der Waals surface area (Å²) in [7, 11) is 0. The van der Waals surface area contributed by atoms with Crippen LogP contribution in [0.2, 0.25) is 0 Å². The van der Waals surface area contributed by atoms with E-state index in [1.165, 1.54) is 0 Å². The molecule has 32 heavy (non-hydrogen) atoms. The zero-order valence-electron chi connectivity index (χ0n) is 17.2. The summed E-state index contributed by atoms with van der Waals surface area (Å²) in [5, 5.41) is 20.8. The molecule has 0 fully saturated rings. The highest BCUT2D eigenvalue weighted by molar-refractivity contribution is 6.34. The van der Waals surface area contributed by atoms with E-state index < -0.39 is 22.7 Å². The maximum atomic E-state index is 12.4. The van der Waals surface area contributed by atoms with E-state index >= 15 is 0 Å². The number of carboxylic acids is 1. The van der Waals surface area contributed by atoms with Crippen LogP contribution in [0, 0.1) is 0 Å². The molecule has 5 N–H and O–H groups in total. The number of halogens is 1. The summed E-state index contributed by atoms with van der Waals surface area (Å²) in [6.45, 7) is 0.903. The lowest BCUT2D eigenvalue weighted by Gasteiger charge is -2.23. The van der Waals surface area contributed by atoms with Crippen LogP contribution in [0.1, 0.15) is 22.3 Å². The molecule has 2 aromatic rings. The van der Waals surface area contributed by atoms with E-state index in [2.05, 4.69) is 26.3 Å². The standard InChI is InChI=1S/C22H24ClN5O4/c23-22(20(31)32,16-7-2-1-3-8-16)14-27-18(29)13-26-19(30)15-6-4-9-17(12-15)28-21-24-10-5-11-25-21/h1-4,6-9,12H,5,10-11,13-14H2,(H,26,30)(H,27,29)(H,31,32)(H2,24,25,28). The van der Waals surface area contributed by atoms with Crippen molar-refractivity contribution < 1.29 is 19.5 Å². The fraction of sp³-hybridized carbons (Fsp3) is 0.273. The zero-order chi connectivity index (χ0) is 23.0. The molecule has 9 nitrogen and oxygen atoms in total. The number of rotatable bonds is 8. The minimum Gasteiger partial charge on any atom is -0.480 e. The second-order valence-electron chi connectivity index (χ2n) is 7.15. The first-order valence-corrected chi connectivity index (χ1v) is 10.4. The van der Waals surface area contributed by atoms with E-state index in [-0.39, 0.29) is 13.1 Å². The van der Waals surface area contributed by atoms with Crippen LogP contribution in [0.25, 0.3) is 0 Å². The number of anilines is 1. The van der Waals surface area contributed by atoms with Gasteiger partial charge in [0.25, 0.3) is 5.91 Å². The number of alkyl halides is 1. The molecule has 0 saturated heterocycles. The summed E-state index contributed by atoms with van der Waals surface area (Å²) in [6.07, 6.45) is 0.971. The first-order valence-electron chi connectivity index (χ1n) is 10.1. The van der Waals surface area contributed by atoms with Gasteiger partial charge in [-0.05, 0) is 30.2 Å². The SMILES string of the molecule is O=C(CNC(=O)c1cccc(NC2=NCCCN2)c1)NCC(Cl)(C(=O)O)c1ccccc1. The van der Waals surface area contributed by atoms with E-state index in [9.17, 15) is 19.5 Å². The third kappa shape index (κ3) is 5.98. The van der Waals surface area contributed by atoms with Crippen molar-refractivity contribution in [1.29, 1.82) is 0 Å². The summed E-state index contributed by atoms with van der Waals surface area (Å²) >= 11 is 6.28. The molecule has 3 rings (SSSR count). The zero-order valence-corrected chi connectivity index (χ0v) is 18.0. The molecule has 0 aromatic heterocycles. The van der Waals surface area contributed by atoms with Crippen molar-refractivity contribution in [3.05, 3.63) is 65.7 Å². The normalized spacial score (nSPS) is 14.8. The van der Waals surface area contributed by atoms with Crippen molar-refractivity contribution >= 4 is 41.0 Å². The van der Waals surface area contributed by atoms with E-state index in [4.69, 9.17) is 11.6 Å². The predicted molar refractivity (Wildman–Crippen MR) is 122 cm³/mol. The number of guanidine groups is 1. The van der Waals surface area contributed by atoms with Crippen LogP contribution in [-0.2, 0) is 14.5 Å². The third-order valence-corrected chi connectivity index (χ3v) is 5.31. The second kappa shape index (κ2) is 10.6. The van der Waals surface area contributed by atoms with Gasteiger partial charge in [-0.3, -0.25) is 14.6 Å². The number of carbonyl (C=O) groups is 3. The topological polar surface area (TPSA) is 132 Å². The Morgan fingerprint density at radius 1 is 1.09 bits per heavy atom. The summed E-state index contributed by atoms with van der Waals surface area (Å²) < 4.78 is 0. The number of hydrogen-bond acceptors (Lipinski definition) is 6. The van der Waals surface area contributed by atoms with Gasteiger partial charge in [-0.15, -0.1) is 0 Å². The van der Waals surface area contributed by atoms with Crippen LogP contribution in [0.4, 0.5) is 5.69 Å². The number of carbonyl (C=O) groups excluding carboxylic acids is 2. The number of carboxylic acid groups (broad SMARTS) is 1. The molecule has 2 aromatic carbocycles. The van der Waals surface area contributed by atoms with Gasteiger partial charge >= 0.3 is 5.97 Å². The summed E-state index contributed by atoms with van der Waals surface area (Å²) in [5.41, 5.74) is 1.40. The van der Waals surface area contributed by atoms with Gasteiger partial charge in [-0.2, -0.15) is 0 Å². The summed E-state index contributed by atoms with van der Waals surface area (Å²) in [4.78, 5) is 38.8. The van der Waals surface area contributed by atoms with Gasteiger partial charge in [0.1, 0.15) is 0 Å². The minimum absolute atomic E-state index is 0.327. The van der Waals surface area contributed by atoms with E-state index in [1.807, 2.05) is 0 Å². The van der Waals surface area contributed by atoms with Gasteiger partial charge < -0.3 is 26.4 Å². The van der Waals surface area contributed by atoms with Crippen LogP contribution in [-0.4, -0.2) is 55.0 Å². The quantitative estimate of drug-likeness (QED) is 0.382. The number of hydrogen-bond donors (Lipinski definition) is 5. The molecular formula is C22H24ClN5O4. The minimum atomic E-state index is -1.81. The molecule has 2 amide bonds. The van der Waals surface area contributed by atoms with Crippen molar-refractivity contribution in [1.82, 2.24) is 16.0 Å². The Morgan fingerprint density at radius 3 is 2.56 bits per heavy atom. The Bertz CT molecular complexity index is 1010. The third-order valence-electron chi connectivity index (χ3n) is 4.79. The Morgan fingerprint density at radius 2 is 1.88 bits per heavy atom. The molecule has 0 radical (unpaired) electrons. The van der Waals surface area contributed by atoms with Gasteiger partial charge in [-0.1, -0.05) is 48.0 Å². The van der Waals surface area contributed by atoms with Crippen LogP contribution in [0.3, 0.4) is 0 Å². The molecule has 10 heteroatoms. The van der Waals surface area contributed by atoms with E-state index in [1.54, 1.807) is 54.6 Å². The van der Waals surface area contributed by atoms with Crippen LogP contribution < -0.4 is 21.3 Å². The number of aliphatic imine (C=N–C) groups is 1. The molecule has 1 unspecified atom stereocenters. The number of benzene rings is 2. The molecule has 1 heterocycles. The molecule has 0 spiro atoms. The molecule has 0 aliphatic carbocycles. The van der Waals surface area contributed by atoms with E-state index in [0.29, 0.717) is 22.8 Å². The van der Waals surface area contributed by atoms with Crippen molar-refractivity contribution in [2.75, 3.05) is 31.5 Å². The summed E-state index contributed by atoms with van der Waals surface area (Å²) in [6, 6.07) is 15.0. The highest BCUT2D eigenvalue weighted by Crippen LogP contribution is 2.28. The van der Waals surface area contributed by atoms with Crippen LogP contribution in [0.5, 0.6) is 0 Å². The molecule has 0 bridgehead atoms. The number of nitrogens with one attached hydrogen (secondary N) is 4. The van der Waals surface area contributed by atoms with Crippen molar-refractivity contribution in [2.45, 2.75) is 11.3 Å². The van der Waals surface area contributed by atoms with Gasteiger partial charge in [0.15, 0.2) is 10.8 Å². The van der Waals surface area contributed by atoms with Gasteiger partial charge in [-0.25, -0.2) is 4.79 Å².